The molecule has 0 nitrogen and oxygen atoms in total. The van der Waals surface area contributed by atoms with Gasteiger partial charge in [0.15, 0.2) is 0 Å². The highest BCUT2D eigenvalue weighted by atomic mass is 28.3. The van der Waals surface area contributed by atoms with E-state index in [0.717, 1.165) is 0 Å². The summed E-state index contributed by atoms with van der Waals surface area (Å²) in [6.07, 6.45) is 0. The molecule has 1 rings (SSSR count). The first-order valence-electron chi connectivity index (χ1n) is 6.88. The fraction of sp³-hybridized carbons (Fsp3) is 0.600. The molecule has 0 radical (unpaired) electrons. The summed E-state index contributed by atoms with van der Waals surface area (Å²) in [5.74, 6) is -11.8. The van der Waals surface area contributed by atoms with Gasteiger partial charge in [-0.15, -0.1) is 11.1 Å². The summed E-state index contributed by atoms with van der Waals surface area (Å²) in [4.78, 5) is 0. The first-order valence-corrected chi connectivity index (χ1v) is 13.9. The zero-order valence-electron chi connectivity index (χ0n) is 13.8. The van der Waals surface area contributed by atoms with E-state index in [4.69, 9.17) is 0 Å². The number of hydrogen-bond acceptors (Lipinski definition) is 0. The third-order valence-electron chi connectivity index (χ3n) is 2.79. The number of hydrogen-bond donors (Lipinski definition) is 0. The average molecular weight is 368 g/mol. The first-order chi connectivity index (χ1) is 9.93. The van der Waals surface area contributed by atoms with E-state index in [2.05, 4.69) is 11.1 Å². The number of allylic oxidation sites excluding steroid dienone is 2. The SMILES string of the molecule is C[Si](C)(C)C#CC1=C(C#C[Si](C)(C)C)C(F)(F)C(F)(F)C1(F)F. The molecule has 0 bridgehead atoms. The molecule has 0 aliphatic heterocycles. The van der Waals surface area contributed by atoms with Gasteiger partial charge in [-0.05, 0) is 0 Å². The van der Waals surface area contributed by atoms with Crippen molar-refractivity contribution in [2.24, 2.45) is 0 Å². The number of alkyl halides is 6. The second-order valence-electron chi connectivity index (χ2n) is 7.47. The van der Waals surface area contributed by atoms with E-state index in [1.165, 1.54) is 0 Å². The van der Waals surface area contributed by atoms with Crippen molar-refractivity contribution in [2.75, 3.05) is 0 Å². The van der Waals surface area contributed by atoms with E-state index < -0.39 is 45.1 Å². The monoisotopic (exact) mass is 368 g/mol. The van der Waals surface area contributed by atoms with Gasteiger partial charge in [-0.1, -0.05) is 51.1 Å². The highest BCUT2D eigenvalue weighted by molar-refractivity contribution is 6.84. The summed E-state index contributed by atoms with van der Waals surface area (Å²) in [5.41, 5.74) is 1.82. The van der Waals surface area contributed by atoms with Gasteiger partial charge in [-0.3, -0.25) is 0 Å². The maximum Gasteiger partial charge on any atom is 0.382 e. The van der Waals surface area contributed by atoms with Gasteiger partial charge in [-0.25, -0.2) is 0 Å². The fourth-order valence-electron chi connectivity index (χ4n) is 1.61. The van der Waals surface area contributed by atoms with Crippen LogP contribution in [0.3, 0.4) is 0 Å². The smallest absolute Gasteiger partial charge is 0.193 e. The van der Waals surface area contributed by atoms with Gasteiger partial charge in [0.25, 0.3) is 0 Å². The van der Waals surface area contributed by atoms with Crippen LogP contribution in [0.4, 0.5) is 26.3 Å². The van der Waals surface area contributed by atoms with E-state index in [1.807, 2.05) is 11.8 Å². The third kappa shape index (κ3) is 3.69. The van der Waals surface area contributed by atoms with Crippen LogP contribution in [0.2, 0.25) is 39.3 Å². The molecule has 0 aromatic rings. The lowest BCUT2D eigenvalue weighted by molar-refractivity contribution is -0.263. The molecular weight excluding hydrogens is 350 g/mol. The molecule has 0 unspecified atom stereocenters. The lowest BCUT2D eigenvalue weighted by atomic mass is 10.1. The minimum Gasteiger partial charge on any atom is -0.193 e. The van der Waals surface area contributed by atoms with Crippen molar-refractivity contribution in [1.29, 1.82) is 0 Å². The van der Waals surface area contributed by atoms with Crippen molar-refractivity contribution in [3.05, 3.63) is 11.1 Å². The predicted octanol–water partition coefficient (Wildman–Crippen LogP) is 4.96. The molecule has 0 atom stereocenters. The lowest BCUT2D eigenvalue weighted by Gasteiger charge is -2.24. The van der Waals surface area contributed by atoms with Gasteiger partial charge in [0.05, 0.1) is 11.1 Å². The number of halogens is 6. The molecule has 0 amide bonds. The van der Waals surface area contributed by atoms with Crippen LogP contribution >= 0.6 is 0 Å². The topological polar surface area (TPSA) is 0 Å². The highest BCUT2D eigenvalue weighted by Crippen LogP contribution is 2.58. The Kier molecular flexibility index (Phi) is 4.72. The lowest BCUT2D eigenvalue weighted by Crippen LogP contribution is -2.49. The summed E-state index contributed by atoms with van der Waals surface area (Å²) in [6.45, 7) is 10.2. The molecule has 23 heavy (non-hydrogen) atoms. The Hall–Kier alpha value is -1.13. The second kappa shape index (κ2) is 5.46. The minimum absolute atomic E-state index is 1.54. The zero-order valence-corrected chi connectivity index (χ0v) is 15.8. The average Bonchev–Trinajstić information content (AvgIpc) is 2.37. The summed E-state index contributed by atoms with van der Waals surface area (Å²) in [5, 5.41) is 0. The molecule has 128 valence electrons. The standard InChI is InChI=1S/C15H18F6Si2/c1-22(2,3)9-7-11-12(8-10-23(4,5)6)14(18,19)15(20,21)13(11,16)17/h1-6H3. The Morgan fingerprint density at radius 1 is 0.609 bits per heavy atom. The third-order valence-corrected chi connectivity index (χ3v) is 4.54. The highest BCUT2D eigenvalue weighted by Gasteiger charge is 2.80. The first kappa shape index (κ1) is 19.9. The summed E-state index contributed by atoms with van der Waals surface area (Å²) < 4.78 is 82.8. The van der Waals surface area contributed by atoms with Gasteiger partial charge in [0, 0.05) is 0 Å². The molecule has 0 saturated heterocycles. The molecule has 0 N–H and O–H groups in total. The maximum atomic E-state index is 13.9. The summed E-state index contributed by atoms with van der Waals surface area (Å²) in [6, 6.07) is 0. The summed E-state index contributed by atoms with van der Waals surface area (Å²) >= 11 is 0. The molecule has 0 spiro atoms. The predicted molar refractivity (Wildman–Crippen MR) is 84.1 cm³/mol. The van der Waals surface area contributed by atoms with E-state index in [0.29, 0.717) is 0 Å². The van der Waals surface area contributed by atoms with Crippen LogP contribution in [-0.4, -0.2) is 33.9 Å². The van der Waals surface area contributed by atoms with Crippen LogP contribution in [0.15, 0.2) is 11.1 Å². The van der Waals surface area contributed by atoms with Crippen molar-refractivity contribution in [2.45, 2.75) is 57.0 Å². The van der Waals surface area contributed by atoms with E-state index in [-0.39, 0.29) is 0 Å². The summed E-state index contributed by atoms with van der Waals surface area (Å²) in [7, 11) is -4.45. The molecule has 0 saturated carbocycles. The Balaban J connectivity index is 3.71. The van der Waals surface area contributed by atoms with Gasteiger partial charge < -0.3 is 0 Å². The van der Waals surface area contributed by atoms with E-state index in [1.54, 1.807) is 39.3 Å². The molecule has 8 heteroatoms. The molecular formula is C15H18F6Si2. The van der Waals surface area contributed by atoms with Crippen LogP contribution in [0.1, 0.15) is 0 Å². The number of rotatable bonds is 0. The molecule has 0 aromatic heterocycles. The van der Waals surface area contributed by atoms with Crippen molar-refractivity contribution in [3.8, 4) is 22.9 Å². The second-order valence-corrected chi connectivity index (χ2v) is 17.0. The van der Waals surface area contributed by atoms with E-state index >= 15 is 0 Å². The van der Waals surface area contributed by atoms with Gasteiger partial charge in [0.2, 0.25) is 0 Å². The van der Waals surface area contributed by atoms with Crippen LogP contribution in [0, 0.1) is 22.9 Å². The van der Waals surface area contributed by atoms with Crippen LogP contribution in [-0.2, 0) is 0 Å². The van der Waals surface area contributed by atoms with E-state index in [9.17, 15) is 26.3 Å². The van der Waals surface area contributed by atoms with Crippen molar-refractivity contribution >= 4 is 16.1 Å². The van der Waals surface area contributed by atoms with Gasteiger partial charge in [-0.2, -0.15) is 26.3 Å². The van der Waals surface area contributed by atoms with Crippen molar-refractivity contribution in [1.82, 2.24) is 0 Å². The normalized spacial score (nSPS) is 22.1. The zero-order chi connectivity index (χ0) is 18.5. The quantitative estimate of drug-likeness (QED) is 0.322. The van der Waals surface area contributed by atoms with Crippen LogP contribution < -0.4 is 0 Å². The molecule has 0 heterocycles. The largest absolute Gasteiger partial charge is 0.382 e. The Bertz CT molecular complexity index is 599. The van der Waals surface area contributed by atoms with Gasteiger partial charge >= 0.3 is 17.8 Å². The molecule has 1 aliphatic rings. The molecule has 0 fully saturated rings. The fourth-order valence-corrected chi connectivity index (χ4v) is 2.61. The van der Waals surface area contributed by atoms with Crippen molar-refractivity contribution in [3.63, 3.8) is 0 Å². The molecule has 1 aliphatic carbocycles. The minimum atomic E-state index is -5.53. The molecule has 0 aromatic carbocycles. The Morgan fingerprint density at radius 3 is 1.09 bits per heavy atom. The van der Waals surface area contributed by atoms with Crippen LogP contribution in [0.5, 0.6) is 0 Å². The van der Waals surface area contributed by atoms with Crippen LogP contribution in [0.25, 0.3) is 0 Å². The Morgan fingerprint density at radius 2 is 0.870 bits per heavy atom. The van der Waals surface area contributed by atoms with Crippen molar-refractivity contribution < 1.29 is 26.3 Å². The Labute approximate surface area is 134 Å². The maximum absolute atomic E-state index is 13.9. The van der Waals surface area contributed by atoms with Gasteiger partial charge in [0.1, 0.15) is 16.1 Å².